The SMILES string of the molecule is NC(=O)C1CSCCN1NC(=O)[CH]Cc1ccc(OCc2ccccc2)cc1. The summed E-state index contributed by atoms with van der Waals surface area (Å²) < 4.78 is 5.77. The smallest absolute Gasteiger partial charge is 0.238 e. The van der Waals surface area contributed by atoms with Crippen LogP contribution >= 0.6 is 11.8 Å². The van der Waals surface area contributed by atoms with Gasteiger partial charge in [-0.1, -0.05) is 42.5 Å². The van der Waals surface area contributed by atoms with Crippen LogP contribution < -0.4 is 15.9 Å². The molecule has 0 aromatic heterocycles. The van der Waals surface area contributed by atoms with Gasteiger partial charge in [0, 0.05) is 18.1 Å². The van der Waals surface area contributed by atoms with E-state index in [4.69, 9.17) is 10.5 Å². The molecule has 0 aliphatic carbocycles. The molecule has 1 fully saturated rings. The fraction of sp³-hybridized carbons (Fsp3) is 0.286. The maximum atomic E-state index is 12.2. The summed E-state index contributed by atoms with van der Waals surface area (Å²) in [6.45, 7) is 1.12. The first kappa shape index (κ1) is 20.2. The van der Waals surface area contributed by atoms with Gasteiger partial charge in [-0.2, -0.15) is 11.8 Å². The number of ether oxygens (including phenoxy) is 1. The van der Waals surface area contributed by atoms with Crippen molar-refractivity contribution >= 4 is 23.6 Å². The topological polar surface area (TPSA) is 84.7 Å². The van der Waals surface area contributed by atoms with Crippen LogP contribution in [0.5, 0.6) is 5.75 Å². The van der Waals surface area contributed by atoms with Crippen molar-refractivity contribution in [2.24, 2.45) is 5.73 Å². The molecular formula is C21H24N3O3S. The largest absolute Gasteiger partial charge is 0.489 e. The van der Waals surface area contributed by atoms with Crippen molar-refractivity contribution in [3.63, 3.8) is 0 Å². The molecule has 0 bridgehead atoms. The second-order valence-electron chi connectivity index (χ2n) is 6.49. The van der Waals surface area contributed by atoms with Gasteiger partial charge >= 0.3 is 0 Å². The molecule has 147 valence electrons. The molecule has 1 heterocycles. The van der Waals surface area contributed by atoms with E-state index in [1.807, 2.05) is 54.6 Å². The summed E-state index contributed by atoms with van der Waals surface area (Å²) in [5.74, 6) is 1.59. The van der Waals surface area contributed by atoms with Gasteiger partial charge in [-0.25, -0.2) is 5.01 Å². The summed E-state index contributed by atoms with van der Waals surface area (Å²) in [6.07, 6.45) is 2.06. The van der Waals surface area contributed by atoms with Crippen molar-refractivity contribution in [1.29, 1.82) is 0 Å². The summed E-state index contributed by atoms with van der Waals surface area (Å²) in [6, 6.07) is 17.2. The molecule has 6 nitrogen and oxygen atoms in total. The van der Waals surface area contributed by atoms with Gasteiger partial charge in [0.15, 0.2) is 0 Å². The number of primary amides is 1. The molecule has 1 saturated heterocycles. The summed E-state index contributed by atoms with van der Waals surface area (Å²) in [5.41, 5.74) is 10.3. The molecule has 28 heavy (non-hydrogen) atoms. The van der Waals surface area contributed by atoms with E-state index in [0.717, 1.165) is 22.6 Å². The number of rotatable bonds is 8. The van der Waals surface area contributed by atoms with Crippen LogP contribution in [0.2, 0.25) is 0 Å². The van der Waals surface area contributed by atoms with E-state index in [1.54, 1.807) is 23.2 Å². The molecule has 0 saturated carbocycles. The Kier molecular flexibility index (Phi) is 7.33. The number of nitrogens with two attached hydrogens (primary N) is 1. The van der Waals surface area contributed by atoms with Crippen LogP contribution in [0.25, 0.3) is 0 Å². The number of thioether (sulfide) groups is 1. The maximum absolute atomic E-state index is 12.2. The van der Waals surface area contributed by atoms with E-state index < -0.39 is 11.9 Å². The minimum atomic E-state index is -0.461. The summed E-state index contributed by atoms with van der Waals surface area (Å²) in [7, 11) is 0. The zero-order chi connectivity index (χ0) is 19.8. The van der Waals surface area contributed by atoms with Gasteiger partial charge in [0.2, 0.25) is 11.8 Å². The van der Waals surface area contributed by atoms with Crippen LogP contribution in [0.3, 0.4) is 0 Å². The Morgan fingerprint density at radius 3 is 2.61 bits per heavy atom. The Hall–Kier alpha value is -2.51. The molecule has 3 N–H and O–H groups in total. The molecule has 7 heteroatoms. The molecule has 1 radical (unpaired) electrons. The van der Waals surface area contributed by atoms with E-state index in [9.17, 15) is 9.59 Å². The highest BCUT2D eigenvalue weighted by molar-refractivity contribution is 7.99. The molecular weight excluding hydrogens is 374 g/mol. The van der Waals surface area contributed by atoms with Gasteiger partial charge in [0.1, 0.15) is 18.4 Å². The number of carbonyl (C=O) groups is 2. The van der Waals surface area contributed by atoms with Crippen molar-refractivity contribution < 1.29 is 14.3 Å². The second-order valence-corrected chi connectivity index (χ2v) is 7.64. The second kappa shape index (κ2) is 10.1. The van der Waals surface area contributed by atoms with Crippen LogP contribution in [0, 0.1) is 6.42 Å². The molecule has 1 unspecified atom stereocenters. The third-order valence-electron chi connectivity index (χ3n) is 4.41. The van der Waals surface area contributed by atoms with E-state index >= 15 is 0 Å². The molecule has 2 aromatic carbocycles. The van der Waals surface area contributed by atoms with Crippen LogP contribution in [0.15, 0.2) is 54.6 Å². The number of hydrazine groups is 1. The number of nitrogens with one attached hydrogen (secondary N) is 1. The van der Waals surface area contributed by atoms with Crippen molar-refractivity contribution in [1.82, 2.24) is 10.4 Å². The van der Waals surface area contributed by atoms with Crippen molar-refractivity contribution in [2.75, 3.05) is 18.1 Å². The number of benzene rings is 2. The predicted octanol–water partition coefficient (Wildman–Crippen LogP) is 1.95. The lowest BCUT2D eigenvalue weighted by molar-refractivity contribution is -0.128. The molecule has 1 aliphatic heterocycles. The number of carbonyl (C=O) groups excluding carboxylic acids is 2. The monoisotopic (exact) mass is 398 g/mol. The van der Waals surface area contributed by atoms with Gasteiger partial charge in [0.25, 0.3) is 0 Å². The molecule has 1 aliphatic rings. The Bertz CT molecular complexity index is 783. The lowest BCUT2D eigenvalue weighted by atomic mass is 10.1. The van der Waals surface area contributed by atoms with Gasteiger partial charge in [-0.3, -0.25) is 15.0 Å². The summed E-state index contributed by atoms with van der Waals surface area (Å²) in [4.78, 5) is 23.7. The Balaban J connectivity index is 1.44. The van der Waals surface area contributed by atoms with Crippen LogP contribution in [-0.4, -0.2) is 40.9 Å². The molecule has 0 spiro atoms. The highest BCUT2D eigenvalue weighted by atomic mass is 32.2. The van der Waals surface area contributed by atoms with Crippen molar-refractivity contribution in [2.45, 2.75) is 19.1 Å². The zero-order valence-corrected chi connectivity index (χ0v) is 16.4. The summed E-state index contributed by atoms with van der Waals surface area (Å²) in [5, 5.41) is 1.64. The summed E-state index contributed by atoms with van der Waals surface area (Å²) >= 11 is 1.66. The third-order valence-corrected chi connectivity index (χ3v) is 5.43. The number of nitrogens with zero attached hydrogens (tertiary/aromatic N) is 1. The number of amides is 2. The zero-order valence-electron chi connectivity index (χ0n) is 15.5. The standard InChI is InChI=1S/C21H24N3O3S/c22-21(26)19-15-28-13-12-24(19)23-20(25)11-8-16-6-9-18(10-7-16)27-14-17-4-2-1-3-5-17/h1-7,9-11,19H,8,12-15H2,(H2,22,26)(H,23,25). The molecule has 1 atom stereocenters. The number of hydrogen-bond acceptors (Lipinski definition) is 5. The number of hydrogen-bond donors (Lipinski definition) is 2. The average Bonchev–Trinajstić information content (AvgIpc) is 2.72. The lowest BCUT2D eigenvalue weighted by Crippen LogP contribution is -2.57. The highest BCUT2D eigenvalue weighted by Gasteiger charge is 2.28. The van der Waals surface area contributed by atoms with Gasteiger partial charge in [-0.05, 0) is 29.7 Å². The molecule has 2 amide bonds. The third kappa shape index (κ3) is 6.00. The minimum Gasteiger partial charge on any atom is -0.489 e. The van der Waals surface area contributed by atoms with Crippen LogP contribution in [-0.2, 0) is 22.6 Å². The fourth-order valence-corrected chi connectivity index (χ4v) is 3.89. The first-order valence-electron chi connectivity index (χ1n) is 9.15. The molecule has 3 rings (SSSR count). The van der Waals surface area contributed by atoms with Gasteiger partial charge in [0.05, 0.1) is 6.42 Å². The van der Waals surface area contributed by atoms with Crippen LogP contribution in [0.4, 0.5) is 0 Å². The van der Waals surface area contributed by atoms with Crippen LogP contribution in [0.1, 0.15) is 11.1 Å². The van der Waals surface area contributed by atoms with Crippen molar-refractivity contribution in [3.8, 4) is 5.75 Å². The van der Waals surface area contributed by atoms with E-state index in [0.29, 0.717) is 25.3 Å². The van der Waals surface area contributed by atoms with Gasteiger partial charge in [-0.15, -0.1) is 0 Å². The Morgan fingerprint density at radius 2 is 1.89 bits per heavy atom. The Labute approximate surface area is 169 Å². The fourth-order valence-electron chi connectivity index (χ4n) is 2.83. The maximum Gasteiger partial charge on any atom is 0.238 e. The normalized spacial score (nSPS) is 17.1. The molecule has 2 aromatic rings. The quantitative estimate of drug-likeness (QED) is 0.710. The van der Waals surface area contributed by atoms with Gasteiger partial charge < -0.3 is 10.5 Å². The lowest BCUT2D eigenvalue weighted by Gasteiger charge is -2.33. The minimum absolute atomic E-state index is 0.234. The first-order chi connectivity index (χ1) is 13.6. The average molecular weight is 399 g/mol. The predicted molar refractivity (Wildman–Crippen MR) is 110 cm³/mol. The van der Waals surface area contributed by atoms with Crippen molar-refractivity contribution in [3.05, 3.63) is 72.1 Å². The highest BCUT2D eigenvalue weighted by Crippen LogP contribution is 2.16. The Morgan fingerprint density at radius 1 is 1.14 bits per heavy atom. The van der Waals surface area contributed by atoms with E-state index in [1.165, 1.54) is 0 Å². The van der Waals surface area contributed by atoms with E-state index in [-0.39, 0.29) is 5.91 Å². The van der Waals surface area contributed by atoms with E-state index in [2.05, 4.69) is 5.43 Å². The first-order valence-corrected chi connectivity index (χ1v) is 10.3.